The Labute approximate surface area is 129 Å². The van der Waals surface area contributed by atoms with Gasteiger partial charge < -0.3 is 0 Å². The molecule has 9 heteroatoms. The maximum atomic E-state index is 12.3. The van der Waals surface area contributed by atoms with Crippen molar-refractivity contribution in [1.82, 2.24) is 24.3 Å². The van der Waals surface area contributed by atoms with Crippen LogP contribution in [0, 0.1) is 13.8 Å². The molecule has 1 N–H and O–H groups in total. The van der Waals surface area contributed by atoms with E-state index in [1.807, 2.05) is 0 Å². The molecule has 7 nitrogen and oxygen atoms in total. The van der Waals surface area contributed by atoms with E-state index in [4.69, 9.17) is 11.6 Å². The van der Waals surface area contributed by atoms with Gasteiger partial charge in [-0.05, 0) is 20.3 Å². The lowest BCUT2D eigenvalue weighted by Gasteiger charge is -2.07. The van der Waals surface area contributed by atoms with Crippen LogP contribution in [0.15, 0.2) is 17.3 Å². The topological polar surface area (TPSA) is 81.8 Å². The summed E-state index contributed by atoms with van der Waals surface area (Å²) in [6, 6.07) is 0. The highest BCUT2D eigenvalue weighted by Gasteiger charge is 2.23. The summed E-state index contributed by atoms with van der Waals surface area (Å²) in [6.45, 7) is 4.35. The van der Waals surface area contributed by atoms with E-state index in [0.717, 1.165) is 0 Å². The molecule has 0 spiro atoms. The number of hydrogen-bond acceptors (Lipinski definition) is 4. The van der Waals surface area contributed by atoms with Gasteiger partial charge in [0, 0.05) is 26.3 Å². The first-order chi connectivity index (χ1) is 9.81. The number of nitrogens with zero attached hydrogens (tertiary/aromatic N) is 4. The highest BCUT2D eigenvalue weighted by atomic mass is 35.5. The fraction of sp³-hybridized carbons (Fsp3) is 0.500. The SMILES string of the molecule is Cc1nn(C)c(C)c1S(=O)(=O)NCCCn1cc(Cl)cn1. The molecule has 116 valence electrons. The van der Waals surface area contributed by atoms with Crippen LogP contribution in [0.1, 0.15) is 17.8 Å². The molecule has 0 radical (unpaired) electrons. The molecule has 0 aliphatic heterocycles. The van der Waals surface area contributed by atoms with Crippen molar-refractivity contribution in [2.24, 2.45) is 7.05 Å². The highest BCUT2D eigenvalue weighted by Crippen LogP contribution is 2.18. The van der Waals surface area contributed by atoms with Crippen LogP contribution in [-0.2, 0) is 23.6 Å². The summed E-state index contributed by atoms with van der Waals surface area (Å²) in [5.41, 5.74) is 1.13. The minimum atomic E-state index is -3.54. The van der Waals surface area contributed by atoms with Crippen molar-refractivity contribution in [3.63, 3.8) is 0 Å². The van der Waals surface area contributed by atoms with Crippen LogP contribution in [0.5, 0.6) is 0 Å². The summed E-state index contributed by atoms with van der Waals surface area (Å²) in [4.78, 5) is 0.257. The van der Waals surface area contributed by atoms with Crippen LogP contribution >= 0.6 is 11.6 Å². The first kappa shape index (κ1) is 16.0. The molecule has 2 heterocycles. The van der Waals surface area contributed by atoms with Gasteiger partial charge in [-0.1, -0.05) is 11.6 Å². The molecule has 2 aromatic heterocycles. The van der Waals surface area contributed by atoms with Crippen LogP contribution in [0.25, 0.3) is 0 Å². The quantitative estimate of drug-likeness (QED) is 0.808. The fourth-order valence-corrected chi connectivity index (χ4v) is 3.79. The third kappa shape index (κ3) is 3.63. The monoisotopic (exact) mass is 331 g/mol. The average molecular weight is 332 g/mol. The second kappa shape index (κ2) is 6.17. The Morgan fingerprint density at radius 3 is 2.62 bits per heavy atom. The second-order valence-corrected chi connectivity index (χ2v) is 6.94. The lowest BCUT2D eigenvalue weighted by Crippen LogP contribution is -2.26. The molecule has 0 fully saturated rings. The van der Waals surface area contributed by atoms with E-state index in [1.165, 1.54) is 0 Å². The second-order valence-electron chi connectivity index (χ2n) is 4.80. The standard InChI is InChI=1S/C12H18ClN5O2S/c1-9-12(10(2)17(3)16-9)21(19,20)15-5-4-6-18-8-11(13)7-14-18/h7-8,15H,4-6H2,1-3H3. The minimum absolute atomic E-state index is 0.257. The normalized spacial score (nSPS) is 12.0. The summed E-state index contributed by atoms with van der Waals surface area (Å²) in [7, 11) is -1.81. The highest BCUT2D eigenvalue weighted by molar-refractivity contribution is 7.89. The molecule has 2 rings (SSSR count). The Kier molecular flexibility index (Phi) is 4.70. The third-order valence-electron chi connectivity index (χ3n) is 3.17. The Morgan fingerprint density at radius 2 is 2.10 bits per heavy atom. The molecule has 0 atom stereocenters. The molecule has 0 aromatic carbocycles. The maximum Gasteiger partial charge on any atom is 0.244 e. The Balaban J connectivity index is 1.95. The minimum Gasteiger partial charge on any atom is -0.271 e. The van der Waals surface area contributed by atoms with Crippen LogP contribution < -0.4 is 4.72 Å². The summed E-state index contributed by atoms with van der Waals surface area (Å²) < 4.78 is 30.4. The molecular formula is C12H18ClN5O2S. The van der Waals surface area contributed by atoms with E-state index in [-0.39, 0.29) is 4.90 Å². The number of aromatic nitrogens is 4. The van der Waals surface area contributed by atoms with Gasteiger partial charge in [-0.2, -0.15) is 10.2 Å². The van der Waals surface area contributed by atoms with Gasteiger partial charge in [0.05, 0.1) is 22.6 Å². The van der Waals surface area contributed by atoms with E-state index in [2.05, 4.69) is 14.9 Å². The lowest BCUT2D eigenvalue weighted by atomic mass is 10.4. The van der Waals surface area contributed by atoms with E-state index >= 15 is 0 Å². The van der Waals surface area contributed by atoms with Crippen LogP contribution in [-0.4, -0.2) is 34.5 Å². The Hall–Kier alpha value is -1.38. The van der Waals surface area contributed by atoms with E-state index < -0.39 is 10.0 Å². The van der Waals surface area contributed by atoms with Gasteiger partial charge in [0.1, 0.15) is 4.90 Å². The van der Waals surface area contributed by atoms with E-state index in [0.29, 0.717) is 35.9 Å². The molecule has 21 heavy (non-hydrogen) atoms. The van der Waals surface area contributed by atoms with Crippen LogP contribution in [0.2, 0.25) is 5.02 Å². The van der Waals surface area contributed by atoms with Crippen molar-refractivity contribution in [3.8, 4) is 0 Å². The molecule has 0 bridgehead atoms. The van der Waals surface area contributed by atoms with Gasteiger partial charge in [-0.25, -0.2) is 13.1 Å². The molecule has 0 unspecified atom stereocenters. The largest absolute Gasteiger partial charge is 0.271 e. The summed E-state index contributed by atoms with van der Waals surface area (Å²) >= 11 is 5.76. The van der Waals surface area contributed by atoms with Crippen LogP contribution in [0.3, 0.4) is 0 Å². The molecule has 0 amide bonds. The van der Waals surface area contributed by atoms with Crippen molar-refractivity contribution in [3.05, 3.63) is 28.8 Å². The van der Waals surface area contributed by atoms with Crippen LogP contribution in [0.4, 0.5) is 0 Å². The zero-order chi connectivity index (χ0) is 15.6. The van der Waals surface area contributed by atoms with Gasteiger partial charge in [-0.15, -0.1) is 0 Å². The zero-order valence-corrected chi connectivity index (χ0v) is 13.7. The van der Waals surface area contributed by atoms with Gasteiger partial charge >= 0.3 is 0 Å². The summed E-state index contributed by atoms with van der Waals surface area (Å²) in [6.07, 6.45) is 3.87. The predicted octanol–water partition coefficient (Wildman–Crippen LogP) is 1.26. The van der Waals surface area contributed by atoms with Gasteiger partial charge in [0.2, 0.25) is 10.0 Å². The number of nitrogens with one attached hydrogen (secondary N) is 1. The lowest BCUT2D eigenvalue weighted by molar-refractivity contribution is 0.552. The van der Waals surface area contributed by atoms with Crippen molar-refractivity contribution in [1.29, 1.82) is 0 Å². The Morgan fingerprint density at radius 1 is 1.38 bits per heavy atom. The van der Waals surface area contributed by atoms with Gasteiger partial charge in [0.25, 0.3) is 0 Å². The molecule has 0 saturated heterocycles. The molecule has 0 aliphatic carbocycles. The number of rotatable bonds is 6. The number of aryl methyl sites for hydroxylation is 3. The maximum absolute atomic E-state index is 12.3. The summed E-state index contributed by atoms with van der Waals surface area (Å²) in [5.74, 6) is 0. The fourth-order valence-electron chi connectivity index (χ4n) is 2.12. The predicted molar refractivity (Wildman–Crippen MR) is 79.7 cm³/mol. The van der Waals surface area contributed by atoms with Crippen molar-refractivity contribution >= 4 is 21.6 Å². The molecule has 2 aromatic rings. The third-order valence-corrected chi connectivity index (χ3v) is 5.08. The molecular weight excluding hydrogens is 314 g/mol. The van der Waals surface area contributed by atoms with Crippen molar-refractivity contribution < 1.29 is 8.42 Å². The summed E-state index contributed by atoms with van der Waals surface area (Å²) in [5, 5.41) is 8.72. The molecule has 0 aliphatic rings. The van der Waals surface area contributed by atoms with Crippen molar-refractivity contribution in [2.75, 3.05) is 6.54 Å². The number of hydrogen-bond donors (Lipinski definition) is 1. The van der Waals surface area contributed by atoms with E-state index in [9.17, 15) is 8.42 Å². The molecule has 0 saturated carbocycles. The average Bonchev–Trinajstić information content (AvgIpc) is 2.90. The van der Waals surface area contributed by atoms with E-state index in [1.54, 1.807) is 42.7 Å². The van der Waals surface area contributed by atoms with Gasteiger partial charge in [0.15, 0.2) is 0 Å². The first-order valence-electron chi connectivity index (χ1n) is 6.49. The zero-order valence-electron chi connectivity index (χ0n) is 12.2. The smallest absolute Gasteiger partial charge is 0.244 e. The number of sulfonamides is 1. The number of halogens is 1. The Bertz CT molecular complexity index is 735. The first-order valence-corrected chi connectivity index (χ1v) is 8.35. The van der Waals surface area contributed by atoms with Gasteiger partial charge in [-0.3, -0.25) is 9.36 Å². The van der Waals surface area contributed by atoms with Crippen molar-refractivity contribution in [2.45, 2.75) is 31.7 Å².